The van der Waals surface area contributed by atoms with Gasteiger partial charge in [-0.3, -0.25) is 0 Å². The number of hydrogen-bond donors (Lipinski definition) is 0. The fourth-order valence-electron chi connectivity index (χ4n) is 1.58. The maximum Gasteiger partial charge on any atom is 0.188 e. The van der Waals surface area contributed by atoms with Crippen LogP contribution in [0.5, 0.6) is 0 Å². The van der Waals surface area contributed by atoms with Crippen LogP contribution in [0.25, 0.3) is 0 Å². The number of nitrogens with zero attached hydrogens (tertiary/aromatic N) is 4. The van der Waals surface area contributed by atoms with Gasteiger partial charge < -0.3 is 4.57 Å². The van der Waals surface area contributed by atoms with Gasteiger partial charge in [0.25, 0.3) is 0 Å². The summed E-state index contributed by atoms with van der Waals surface area (Å²) in [6.07, 6.45) is 1.91. The highest BCUT2D eigenvalue weighted by molar-refractivity contribution is 7.98. The molecule has 0 aliphatic rings. The van der Waals surface area contributed by atoms with E-state index in [0.717, 1.165) is 28.1 Å². The Balaban J connectivity index is 2.09. The van der Waals surface area contributed by atoms with Crippen LogP contribution in [0, 0.1) is 20.8 Å². The van der Waals surface area contributed by atoms with Crippen molar-refractivity contribution in [2.45, 2.75) is 31.7 Å². The minimum Gasteiger partial charge on any atom is -0.335 e. The molecule has 0 saturated heterocycles. The van der Waals surface area contributed by atoms with Gasteiger partial charge in [-0.25, -0.2) is 15.0 Å². The molecule has 4 nitrogen and oxygen atoms in total. The van der Waals surface area contributed by atoms with E-state index in [1.54, 1.807) is 11.8 Å². The molecule has 0 aliphatic heterocycles. The summed E-state index contributed by atoms with van der Waals surface area (Å²) >= 11 is 1.65. The first-order chi connectivity index (χ1) is 8.06. The summed E-state index contributed by atoms with van der Waals surface area (Å²) in [6.45, 7) is 5.99. The van der Waals surface area contributed by atoms with Gasteiger partial charge in [0, 0.05) is 36.1 Å². The van der Waals surface area contributed by atoms with Gasteiger partial charge in [0.1, 0.15) is 5.82 Å². The monoisotopic (exact) mass is 248 g/mol. The summed E-state index contributed by atoms with van der Waals surface area (Å²) in [6, 6.07) is 1.98. The summed E-state index contributed by atoms with van der Waals surface area (Å²) in [4.78, 5) is 13.1. The highest BCUT2D eigenvalue weighted by Crippen LogP contribution is 2.19. The first kappa shape index (κ1) is 12.1. The standard InChI is InChI=1S/C12H16N4S/c1-8-5-9(2)15-12(14-8)17-7-11-6-13-10(3)16(11)4/h5-6H,7H2,1-4H3. The van der Waals surface area contributed by atoms with E-state index >= 15 is 0 Å². The number of imidazole rings is 1. The van der Waals surface area contributed by atoms with Crippen molar-refractivity contribution < 1.29 is 0 Å². The van der Waals surface area contributed by atoms with E-state index in [9.17, 15) is 0 Å². The van der Waals surface area contributed by atoms with Crippen LogP contribution in [0.1, 0.15) is 22.9 Å². The Morgan fingerprint density at radius 1 is 1.18 bits per heavy atom. The zero-order valence-corrected chi connectivity index (χ0v) is 11.4. The van der Waals surface area contributed by atoms with Crippen molar-refractivity contribution in [1.29, 1.82) is 0 Å². The Hall–Kier alpha value is -1.36. The topological polar surface area (TPSA) is 43.6 Å². The van der Waals surface area contributed by atoms with Crippen LogP contribution in [-0.4, -0.2) is 19.5 Å². The average Bonchev–Trinajstić information content (AvgIpc) is 2.56. The third-order valence-electron chi connectivity index (χ3n) is 2.63. The van der Waals surface area contributed by atoms with Crippen LogP contribution >= 0.6 is 11.8 Å². The van der Waals surface area contributed by atoms with Gasteiger partial charge in [-0.1, -0.05) is 11.8 Å². The summed E-state index contributed by atoms with van der Waals surface area (Å²) in [5.74, 6) is 1.88. The van der Waals surface area contributed by atoms with Crippen LogP contribution in [0.4, 0.5) is 0 Å². The SMILES string of the molecule is Cc1cc(C)nc(SCc2cnc(C)n2C)n1. The number of aryl methyl sites for hydroxylation is 3. The fourth-order valence-corrected chi connectivity index (χ4v) is 2.54. The largest absolute Gasteiger partial charge is 0.335 e. The minimum atomic E-state index is 0.835. The molecule has 0 spiro atoms. The predicted octanol–water partition coefficient (Wildman–Crippen LogP) is 2.43. The van der Waals surface area contributed by atoms with Crippen molar-refractivity contribution in [3.63, 3.8) is 0 Å². The van der Waals surface area contributed by atoms with E-state index in [2.05, 4.69) is 19.5 Å². The summed E-state index contributed by atoms with van der Waals surface area (Å²) in [7, 11) is 2.03. The lowest BCUT2D eigenvalue weighted by molar-refractivity contribution is 0.820. The van der Waals surface area contributed by atoms with Crippen LogP contribution in [0.3, 0.4) is 0 Å². The molecule has 0 N–H and O–H groups in total. The second kappa shape index (κ2) is 4.87. The zero-order valence-electron chi connectivity index (χ0n) is 10.6. The molecule has 0 unspecified atom stereocenters. The molecule has 2 heterocycles. The molecule has 5 heteroatoms. The highest BCUT2D eigenvalue weighted by atomic mass is 32.2. The Bertz CT molecular complexity index is 513. The molecule has 0 aromatic carbocycles. The molecule has 2 aromatic rings. The van der Waals surface area contributed by atoms with E-state index in [1.165, 1.54) is 5.69 Å². The third kappa shape index (κ3) is 2.85. The van der Waals surface area contributed by atoms with E-state index in [-0.39, 0.29) is 0 Å². The van der Waals surface area contributed by atoms with Crippen molar-refractivity contribution in [3.05, 3.63) is 35.2 Å². The third-order valence-corrected chi connectivity index (χ3v) is 3.51. The molecule has 0 radical (unpaired) electrons. The van der Waals surface area contributed by atoms with Crippen molar-refractivity contribution in [2.75, 3.05) is 0 Å². The lowest BCUT2D eigenvalue weighted by Gasteiger charge is -2.04. The Morgan fingerprint density at radius 2 is 1.82 bits per heavy atom. The Morgan fingerprint density at radius 3 is 2.35 bits per heavy atom. The van der Waals surface area contributed by atoms with Crippen LogP contribution in [-0.2, 0) is 12.8 Å². The molecule has 0 atom stereocenters. The smallest absolute Gasteiger partial charge is 0.188 e. The van der Waals surface area contributed by atoms with E-state index in [1.807, 2.05) is 40.1 Å². The number of rotatable bonds is 3. The normalized spacial score (nSPS) is 10.8. The van der Waals surface area contributed by atoms with Gasteiger partial charge in [-0.2, -0.15) is 0 Å². The number of thioether (sulfide) groups is 1. The van der Waals surface area contributed by atoms with Crippen molar-refractivity contribution in [2.24, 2.45) is 7.05 Å². The second-order valence-corrected chi connectivity index (χ2v) is 5.02. The molecule has 0 saturated carbocycles. The summed E-state index contributed by atoms with van der Waals surface area (Å²) in [5.41, 5.74) is 3.22. The molecule has 2 aromatic heterocycles. The van der Waals surface area contributed by atoms with Gasteiger partial charge in [-0.05, 0) is 26.8 Å². The quantitative estimate of drug-likeness (QED) is 0.618. The van der Waals surface area contributed by atoms with Gasteiger partial charge in [-0.15, -0.1) is 0 Å². The zero-order chi connectivity index (χ0) is 12.4. The molecule has 90 valence electrons. The first-order valence-corrected chi connectivity index (χ1v) is 6.47. The first-order valence-electron chi connectivity index (χ1n) is 5.48. The van der Waals surface area contributed by atoms with Crippen LogP contribution < -0.4 is 0 Å². The minimum absolute atomic E-state index is 0.835. The molecule has 0 fully saturated rings. The summed E-state index contributed by atoms with van der Waals surface area (Å²) < 4.78 is 2.09. The predicted molar refractivity (Wildman–Crippen MR) is 69.0 cm³/mol. The Labute approximate surface area is 106 Å². The van der Waals surface area contributed by atoms with E-state index in [0.29, 0.717) is 0 Å². The maximum atomic E-state index is 4.41. The number of aromatic nitrogens is 4. The molecular formula is C12H16N4S. The lowest BCUT2D eigenvalue weighted by Crippen LogP contribution is -1.98. The summed E-state index contributed by atoms with van der Waals surface area (Å²) in [5, 5.41) is 0.835. The van der Waals surface area contributed by atoms with Crippen LogP contribution in [0.15, 0.2) is 17.4 Å². The lowest BCUT2D eigenvalue weighted by atomic mass is 10.4. The van der Waals surface area contributed by atoms with Gasteiger partial charge in [0.2, 0.25) is 0 Å². The van der Waals surface area contributed by atoms with E-state index in [4.69, 9.17) is 0 Å². The second-order valence-electron chi connectivity index (χ2n) is 4.08. The number of hydrogen-bond acceptors (Lipinski definition) is 4. The molecule has 17 heavy (non-hydrogen) atoms. The van der Waals surface area contributed by atoms with Crippen molar-refractivity contribution in [1.82, 2.24) is 19.5 Å². The average molecular weight is 248 g/mol. The van der Waals surface area contributed by atoms with Gasteiger partial charge in [0.15, 0.2) is 5.16 Å². The highest BCUT2D eigenvalue weighted by Gasteiger charge is 2.05. The van der Waals surface area contributed by atoms with Gasteiger partial charge in [0.05, 0.1) is 0 Å². The molecular weight excluding hydrogens is 232 g/mol. The molecule has 0 amide bonds. The van der Waals surface area contributed by atoms with Gasteiger partial charge >= 0.3 is 0 Å². The van der Waals surface area contributed by atoms with Crippen molar-refractivity contribution in [3.8, 4) is 0 Å². The Kier molecular flexibility index (Phi) is 3.47. The molecule has 2 rings (SSSR count). The maximum absolute atomic E-state index is 4.41. The fraction of sp³-hybridized carbons (Fsp3) is 0.417. The molecule has 0 aliphatic carbocycles. The van der Waals surface area contributed by atoms with Crippen LogP contribution in [0.2, 0.25) is 0 Å². The van der Waals surface area contributed by atoms with Crippen molar-refractivity contribution >= 4 is 11.8 Å². The van der Waals surface area contributed by atoms with E-state index < -0.39 is 0 Å². The molecule has 0 bridgehead atoms.